The summed E-state index contributed by atoms with van der Waals surface area (Å²) in [6, 6.07) is 20.8. The molecule has 4 rings (SSSR count). The summed E-state index contributed by atoms with van der Waals surface area (Å²) in [6.07, 6.45) is 3.71. The van der Waals surface area contributed by atoms with Crippen LogP contribution in [0.2, 0.25) is 0 Å². The lowest BCUT2D eigenvalue weighted by molar-refractivity contribution is -0.120. The third-order valence-corrected chi connectivity index (χ3v) is 6.59. The summed E-state index contributed by atoms with van der Waals surface area (Å²) < 4.78 is 5.23. The van der Waals surface area contributed by atoms with Crippen LogP contribution in [-0.4, -0.2) is 37.2 Å². The van der Waals surface area contributed by atoms with E-state index in [0.29, 0.717) is 5.56 Å². The molecule has 182 valence electrons. The average molecular weight is 473 g/mol. The molecule has 0 aliphatic carbocycles. The number of carbonyl (C=O) groups excluding carboxylic acids is 1. The average Bonchev–Trinajstić information content (AvgIpc) is 2.88. The maximum atomic E-state index is 13.3. The topological polar surface area (TPSA) is 78.9 Å². The van der Waals surface area contributed by atoms with Crippen molar-refractivity contribution in [1.29, 1.82) is 0 Å². The van der Waals surface area contributed by atoms with Gasteiger partial charge in [0.2, 0.25) is 5.91 Å². The molecule has 6 nitrogen and oxygen atoms in total. The highest BCUT2D eigenvalue weighted by molar-refractivity contribution is 5.91. The van der Waals surface area contributed by atoms with Gasteiger partial charge in [0.05, 0.1) is 19.6 Å². The number of hydrogen-bond acceptors (Lipinski definition) is 4. The Hall–Kier alpha value is -3.80. The van der Waals surface area contributed by atoms with E-state index in [4.69, 9.17) is 4.74 Å². The Bertz CT molecular complexity index is 1190. The number of hydrogen-bond donors (Lipinski definition) is 2. The van der Waals surface area contributed by atoms with Crippen LogP contribution in [0.4, 0.5) is 5.69 Å². The number of methoxy groups -OCH3 is 1. The van der Waals surface area contributed by atoms with Gasteiger partial charge in [-0.05, 0) is 61.1 Å². The Morgan fingerprint density at radius 1 is 1.00 bits per heavy atom. The van der Waals surface area contributed by atoms with Gasteiger partial charge in [-0.25, -0.2) is 4.79 Å². The van der Waals surface area contributed by atoms with Gasteiger partial charge in [-0.1, -0.05) is 48.5 Å². The van der Waals surface area contributed by atoms with Crippen molar-refractivity contribution in [2.75, 3.05) is 25.1 Å². The van der Waals surface area contributed by atoms with Gasteiger partial charge in [0, 0.05) is 24.3 Å². The molecule has 6 heteroatoms. The van der Waals surface area contributed by atoms with Gasteiger partial charge >= 0.3 is 5.97 Å². The summed E-state index contributed by atoms with van der Waals surface area (Å²) in [6.45, 7) is 4.13. The zero-order valence-corrected chi connectivity index (χ0v) is 20.3. The summed E-state index contributed by atoms with van der Waals surface area (Å²) in [7, 11) is 1.43. The zero-order chi connectivity index (χ0) is 24.8. The second-order valence-corrected chi connectivity index (χ2v) is 8.98. The van der Waals surface area contributed by atoms with Crippen LogP contribution in [0.5, 0.6) is 5.75 Å². The number of nitrogens with one attached hydrogen (secondary N) is 1. The van der Waals surface area contributed by atoms with Crippen molar-refractivity contribution in [3.63, 3.8) is 0 Å². The fourth-order valence-electron chi connectivity index (χ4n) is 4.84. The smallest absolute Gasteiger partial charge is 0.339 e. The van der Waals surface area contributed by atoms with Gasteiger partial charge in [-0.3, -0.25) is 4.79 Å². The molecule has 0 radical (unpaired) electrons. The SMILES string of the molecule is COc1cc(CC(=O)NC(c2ccccc2)c2c(C)cccc2N2CCCCC2)ccc1C(=O)O. The van der Waals surface area contributed by atoms with Crippen LogP contribution in [0, 0.1) is 6.92 Å². The Morgan fingerprint density at radius 3 is 2.43 bits per heavy atom. The molecule has 1 atom stereocenters. The highest BCUT2D eigenvalue weighted by Crippen LogP contribution is 2.35. The monoisotopic (exact) mass is 472 g/mol. The first-order chi connectivity index (χ1) is 17.0. The fraction of sp³-hybridized carbons (Fsp3) is 0.310. The molecule has 0 bridgehead atoms. The van der Waals surface area contributed by atoms with Gasteiger partial charge in [0.15, 0.2) is 0 Å². The third kappa shape index (κ3) is 5.65. The van der Waals surface area contributed by atoms with E-state index in [1.165, 1.54) is 38.1 Å². The van der Waals surface area contributed by atoms with E-state index in [2.05, 4.69) is 35.3 Å². The quantitative estimate of drug-likeness (QED) is 0.475. The lowest BCUT2D eigenvalue weighted by atomic mass is 9.91. The predicted octanol–water partition coefficient (Wildman–Crippen LogP) is 5.14. The number of carboxylic acid groups (broad SMARTS) is 1. The zero-order valence-electron chi connectivity index (χ0n) is 20.3. The van der Waals surface area contributed by atoms with Crippen LogP contribution in [-0.2, 0) is 11.2 Å². The van der Waals surface area contributed by atoms with Crippen LogP contribution >= 0.6 is 0 Å². The Morgan fingerprint density at radius 2 is 1.74 bits per heavy atom. The van der Waals surface area contributed by atoms with E-state index in [1.807, 2.05) is 30.3 Å². The number of piperidine rings is 1. The molecule has 1 aliphatic rings. The molecule has 1 aliphatic heterocycles. The minimum Gasteiger partial charge on any atom is -0.496 e. The molecule has 35 heavy (non-hydrogen) atoms. The molecule has 3 aromatic carbocycles. The normalized spacial score (nSPS) is 14.3. The molecular weight excluding hydrogens is 440 g/mol. The van der Waals surface area contributed by atoms with E-state index >= 15 is 0 Å². The first kappa shape index (κ1) is 24.3. The lowest BCUT2D eigenvalue weighted by Gasteiger charge is -2.34. The molecule has 0 aromatic heterocycles. The molecule has 1 amide bonds. The fourth-order valence-corrected chi connectivity index (χ4v) is 4.84. The number of aryl methyl sites for hydroxylation is 1. The number of carboxylic acids is 1. The van der Waals surface area contributed by atoms with E-state index in [9.17, 15) is 14.7 Å². The third-order valence-electron chi connectivity index (χ3n) is 6.59. The van der Waals surface area contributed by atoms with Crippen molar-refractivity contribution in [2.24, 2.45) is 0 Å². The number of anilines is 1. The number of nitrogens with zero attached hydrogens (tertiary/aromatic N) is 1. The molecule has 1 fully saturated rings. The van der Waals surface area contributed by atoms with Gasteiger partial charge in [-0.2, -0.15) is 0 Å². The van der Waals surface area contributed by atoms with Crippen molar-refractivity contribution in [3.8, 4) is 5.75 Å². The molecular formula is C29H32N2O4. The van der Waals surface area contributed by atoms with Crippen LogP contribution < -0.4 is 15.0 Å². The van der Waals surface area contributed by atoms with Crippen LogP contribution in [0.15, 0.2) is 66.7 Å². The summed E-state index contributed by atoms with van der Waals surface area (Å²) in [5, 5.41) is 12.6. The summed E-state index contributed by atoms with van der Waals surface area (Å²) >= 11 is 0. The highest BCUT2D eigenvalue weighted by Gasteiger charge is 2.25. The molecule has 1 unspecified atom stereocenters. The predicted molar refractivity (Wildman–Crippen MR) is 137 cm³/mol. The van der Waals surface area contributed by atoms with Crippen molar-refractivity contribution >= 4 is 17.6 Å². The maximum Gasteiger partial charge on any atom is 0.339 e. The van der Waals surface area contributed by atoms with E-state index in [1.54, 1.807) is 12.1 Å². The summed E-state index contributed by atoms with van der Waals surface area (Å²) in [4.78, 5) is 27.1. The Labute approximate surface area is 206 Å². The van der Waals surface area contributed by atoms with Gasteiger partial charge < -0.3 is 20.1 Å². The number of ether oxygens (including phenoxy) is 1. The summed E-state index contributed by atoms with van der Waals surface area (Å²) in [5.74, 6) is -0.961. The molecule has 1 saturated heterocycles. The largest absolute Gasteiger partial charge is 0.496 e. The van der Waals surface area contributed by atoms with Crippen LogP contribution in [0.3, 0.4) is 0 Å². The maximum absolute atomic E-state index is 13.3. The van der Waals surface area contributed by atoms with E-state index < -0.39 is 5.97 Å². The number of benzene rings is 3. The molecule has 3 aromatic rings. The molecule has 2 N–H and O–H groups in total. The summed E-state index contributed by atoms with van der Waals surface area (Å²) in [5.41, 5.74) is 5.21. The minimum absolute atomic E-state index is 0.0740. The van der Waals surface area contributed by atoms with Crippen molar-refractivity contribution in [2.45, 2.75) is 38.6 Å². The number of carbonyl (C=O) groups is 2. The van der Waals surface area contributed by atoms with Gasteiger partial charge in [-0.15, -0.1) is 0 Å². The van der Waals surface area contributed by atoms with Crippen LogP contribution in [0.1, 0.15) is 57.9 Å². The van der Waals surface area contributed by atoms with Crippen molar-refractivity contribution in [1.82, 2.24) is 5.32 Å². The van der Waals surface area contributed by atoms with E-state index in [0.717, 1.165) is 29.8 Å². The lowest BCUT2D eigenvalue weighted by Crippen LogP contribution is -2.35. The standard InChI is InChI=1S/C29H32N2O4/c1-20-10-9-13-24(31-16-7-4-8-17-31)27(20)28(22-11-5-3-6-12-22)30-26(32)19-21-14-15-23(29(33)34)25(18-21)35-2/h3,5-6,9-15,18,28H,4,7-8,16-17,19H2,1-2H3,(H,30,32)(H,33,34). The first-order valence-corrected chi connectivity index (χ1v) is 12.1. The Balaban J connectivity index is 1.66. The highest BCUT2D eigenvalue weighted by atomic mass is 16.5. The van der Waals surface area contributed by atoms with Crippen LogP contribution in [0.25, 0.3) is 0 Å². The minimum atomic E-state index is -1.06. The Kier molecular flexibility index (Phi) is 7.70. The van der Waals surface area contributed by atoms with Crippen molar-refractivity contribution < 1.29 is 19.4 Å². The molecule has 0 saturated carbocycles. The van der Waals surface area contributed by atoms with Gasteiger partial charge in [0.1, 0.15) is 11.3 Å². The molecule has 0 spiro atoms. The second-order valence-electron chi connectivity index (χ2n) is 8.98. The number of amides is 1. The number of rotatable bonds is 8. The second kappa shape index (κ2) is 11.1. The number of aromatic carboxylic acids is 1. The van der Waals surface area contributed by atoms with Gasteiger partial charge in [0.25, 0.3) is 0 Å². The van der Waals surface area contributed by atoms with Crippen molar-refractivity contribution in [3.05, 3.63) is 94.5 Å². The first-order valence-electron chi connectivity index (χ1n) is 12.1. The molecule has 1 heterocycles. The van der Waals surface area contributed by atoms with E-state index in [-0.39, 0.29) is 29.7 Å².